The molecule has 1 atom stereocenters. The van der Waals surface area contributed by atoms with Gasteiger partial charge in [-0.3, -0.25) is 4.79 Å². The second-order valence-electron chi connectivity index (χ2n) is 3.51. The third-order valence-corrected chi connectivity index (χ3v) is 2.42. The molecule has 1 aliphatic rings. The third kappa shape index (κ3) is 2.56. The standard InChI is InChI=1S/C10H17NO2/c1-3-9(12)10(13)11-6-4-8(2)5-7-11/h4,9,12H,3,5-7H2,1-2H3. The summed E-state index contributed by atoms with van der Waals surface area (Å²) in [6, 6.07) is 0. The molecule has 0 radical (unpaired) electrons. The minimum Gasteiger partial charge on any atom is -0.383 e. The molecule has 1 N–H and O–H groups in total. The van der Waals surface area contributed by atoms with Gasteiger partial charge in [0.15, 0.2) is 0 Å². The van der Waals surface area contributed by atoms with Crippen LogP contribution in [0, 0.1) is 0 Å². The fourth-order valence-electron chi connectivity index (χ4n) is 1.36. The Balaban J connectivity index is 2.50. The summed E-state index contributed by atoms with van der Waals surface area (Å²) in [7, 11) is 0. The molecule has 1 unspecified atom stereocenters. The van der Waals surface area contributed by atoms with Gasteiger partial charge in [-0.25, -0.2) is 0 Å². The lowest BCUT2D eigenvalue weighted by atomic mass is 10.1. The molecule has 74 valence electrons. The van der Waals surface area contributed by atoms with Gasteiger partial charge in [0, 0.05) is 13.1 Å². The molecule has 3 heteroatoms. The zero-order valence-electron chi connectivity index (χ0n) is 8.29. The number of rotatable bonds is 2. The van der Waals surface area contributed by atoms with Gasteiger partial charge in [0.25, 0.3) is 5.91 Å². The molecule has 0 fully saturated rings. The monoisotopic (exact) mass is 183 g/mol. The van der Waals surface area contributed by atoms with Crippen molar-refractivity contribution in [2.24, 2.45) is 0 Å². The molecule has 3 nitrogen and oxygen atoms in total. The maximum atomic E-state index is 11.5. The largest absolute Gasteiger partial charge is 0.383 e. The van der Waals surface area contributed by atoms with E-state index in [-0.39, 0.29) is 5.91 Å². The Hall–Kier alpha value is -0.830. The number of aliphatic hydroxyl groups is 1. The van der Waals surface area contributed by atoms with Crippen molar-refractivity contribution < 1.29 is 9.90 Å². The van der Waals surface area contributed by atoms with Crippen LogP contribution in [-0.2, 0) is 4.79 Å². The van der Waals surface area contributed by atoms with E-state index in [1.165, 1.54) is 5.57 Å². The van der Waals surface area contributed by atoms with E-state index < -0.39 is 6.10 Å². The Morgan fingerprint density at radius 1 is 1.77 bits per heavy atom. The molecule has 0 saturated carbocycles. The summed E-state index contributed by atoms with van der Waals surface area (Å²) in [5.41, 5.74) is 1.33. The zero-order valence-corrected chi connectivity index (χ0v) is 8.29. The number of aliphatic hydroxyl groups excluding tert-OH is 1. The van der Waals surface area contributed by atoms with Crippen LogP contribution in [0.4, 0.5) is 0 Å². The van der Waals surface area contributed by atoms with Gasteiger partial charge in [-0.1, -0.05) is 18.6 Å². The molecule has 0 spiro atoms. The summed E-state index contributed by atoms with van der Waals surface area (Å²) < 4.78 is 0. The minimum atomic E-state index is -0.813. The number of nitrogens with zero attached hydrogens (tertiary/aromatic N) is 1. The van der Waals surface area contributed by atoms with Gasteiger partial charge < -0.3 is 10.0 Å². The van der Waals surface area contributed by atoms with Gasteiger partial charge in [-0.05, 0) is 19.8 Å². The summed E-state index contributed by atoms with van der Waals surface area (Å²) in [5, 5.41) is 9.33. The number of hydrogen-bond acceptors (Lipinski definition) is 2. The molecule has 0 aliphatic carbocycles. The first kappa shape index (κ1) is 10.3. The summed E-state index contributed by atoms with van der Waals surface area (Å²) in [5.74, 6) is -0.133. The average molecular weight is 183 g/mol. The van der Waals surface area contributed by atoms with Gasteiger partial charge in [0.1, 0.15) is 6.10 Å². The van der Waals surface area contributed by atoms with Crippen LogP contribution in [0.2, 0.25) is 0 Å². The molecule has 0 bridgehead atoms. The van der Waals surface area contributed by atoms with Gasteiger partial charge in [-0.15, -0.1) is 0 Å². The van der Waals surface area contributed by atoms with Crippen LogP contribution in [0.3, 0.4) is 0 Å². The van der Waals surface area contributed by atoms with Crippen LogP contribution in [0.5, 0.6) is 0 Å². The molecular formula is C10H17NO2. The van der Waals surface area contributed by atoms with Crippen LogP contribution in [-0.4, -0.2) is 35.1 Å². The number of carbonyl (C=O) groups excluding carboxylic acids is 1. The molecule has 0 aromatic rings. The molecule has 1 heterocycles. The van der Waals surface area contributed by atoms with E-state index in [0.717, 1.165) is 13.0 Å². The molecule has 0 aromatic heterocycles. The number of carbonyl (C=O) groups is 1. The summed E-state index contributed by atoms with van der Waals surface area (Å²) in [6.07, 6.45) is 2.66. The first-order chi connectivity index (χ1) is 6.15. The van der Waals surface area contributed by atoms with E-state index in [9.17, 15) is 9.90 Å². The zero-order chi connectivity index (χ0) is 9.84. The molecule has 1 rings (SSSR count). The molecule has 1 amide bonds. The highest BCUT2D eigenvalue weighted by atomic mass is 16.3. The predicted molar refractivity (Wildman–Crippen MR) is 51.3 cm³/mol. The van der Waals surface area contributed by atoms with Crippen molar-refractivity contribution in [3.05, 3.63) is 11.6 Å². The van der Waals surface area contributed by atoms with Gasteiger partial charge in [0.05, 0.1) is 0 Å². The first-order valence-electron chi connectivity index (χ1n) is 4.77. The van der Waals surface area contributed by atoms with E-state index in [4.69, 9.17) is 0 Å². The highest BCUT2D eigenvalue weighted by Gasteiger charge is 2.21. The highest BCUT2D eigenvalue weighted by Crippen LogP contribution is 2.11. The van der Waals surface area contributed by atoms with E-state index in [0.29, 0.717) is 13.0 Å². The van der Waals surface area contributed by atoms with E-state index in [1.54, 1.807) is 4.90 Å². The molecule has 0 aromatic carbocycles. The smallest absolute Gasteiger partial charge is 0.251 e. The minimum absolute atomic E-state index is 0.133. The third-order valence-electron chi connectivity index (χ3n) is 2.42. The Bertz CT molecular complexity index is 223. The number of amides is 1. The molecule has 0 saturated heterocycles. The molecule has 13 heavy (non-hydrogen) atoms. The van der Waals surface area contributed by atoms with Crippen LogP contribution in [0.1, 0.15) is 26.7 Å². The second kappa shape index (κ2) is 4.42. The van der Waals surface area contributed by atoms with E-state index in [2.05, 4.69) is 6.92 Å². The van der Waals surface area contributed by atoms with Crippen molar-refractivity contribution in [1.29, 1.82) is 0 Å². The van der Waals surface area contributed by atoms with E-state index >= 15 is 0 Å². The van der Waals surface area contributed by atoms with Gasteiger partial charge in [-0.2, -0.15) is 0 Å². The maximum Gasteiger partial charge on any atom is 0.251 e. The van der Waals surface area contributed by atoms with Crippen LogP contribution >= 0.6 is 0 Å². The Morgan fingerprint density at radius 3 is 2.92 bits per heavy atom. The maximum absolute atomic E-state index is 11.5. The van der Waals surface area contributed by atoms with Crippen LogP contribution in [0.25, 0.3) is 0 Å². The predicted octanol–water partition coefficient (Wildman–Crippen LogP) is 0.936. The normalized spacial score (nSPS) is 19.6. The Morgan fingerprint density at radius 2 is 2.46 bits per heavy atom. The highest BCUT2D eigenvalue weighted by molar-refractivity contribution is 5.80. The van der Waals surface area contributed by atoms with Gasteiger partial charge >= 0.3 is 0 Å². The van der Waals surface area contributed by atoms with Crippen molar-refractivity contribution in [3.63, 3.8) is 0 Å². The molecular weight excluding hydrogens is 166 g/mol. The lowest BCUT2D eigenvalue weighted by molar-refractivity contribution is -0.139. The van der Waals surface area contributed by atoms with Gasteiger partial charge in [0.2, 0.25) is 0 Å². The average Bonchev–Trinajstić information content (AvgIpc) is 2.17. The Kier molecular flexibility index (Phi) is 3.48. The van der Waals surface area contributed by atoms with Crippen LogP contribution in [0.15, 0.2) is 11.6 Å². The molecule has 1 aliphatic heterocycles. The Labute approximate surface area is 79.0 Å². The second-order valence-corrected chi connectivity index (χ2v) is 3.51. The van der Waals surface area contributed by atoms with Crippen molar-refractivity contribution in [2.75, 3.05) is 13.1 Å². The van der Waals surface area contributed by atoms with Crippen LogP contribution < -0.4 is 0 Å². The van der Waals surface area contributed by atoms with Crippen molar-refractivity contribution in [3.8, 4) is 0 Å². The van der Waals surface area contributed by atoms with Crippen molar-refractivity contribution in [2.45, 2.75) is 32.8 Å². The lowest BCUT2D eigenvalue weighted by Gasteiger charge is -2.27. The SMILES string of the molecule is CCC(O)C(=O)N1CC=C(C)CC1. The number of hydrogen-bond donors (Lipinski definition) is 1. The summed E-state index contributed by atoms with van der Waals surface area (Å²) >= 11 is 0. The fourth-order valence-corrected chi connectivity index (χ4v) is 1.36. The topological polar surface area (TPSA) is 40.5 Å². The quantitative estimate of drug-likeness (QED) is 0.647. The lowest BCUT2D eigenvalue weighted by Crippen LogP contribution is -2.41. The summed E-state index contributed by atoms with van der Waals surface area (Å²) in [4.78, 5) is 13.2. The summed E-state index contributed by atoms with van der Waals surface area (Å²) in [6.45, 7) is 5.28. The first-order valence-corrected chi connectivity index (χ1v) is 4.77. The van der Waals surface area contributed by atoms with E-state index in [1.807, 2.05) is 13.0 Å². The van der Waals surface area contributed by atoms with Crippen molar-refractivity contribution >= 4 is 5.91 Å². The fraction of sp³-hybridized carbons (Fsp3) is 0.700. The van der Waals surface area contributed by atoms with Crippen molar-refractivity contribution in [1.82, 2.24) is 4.90 Å².